The molecule has 4 rings (SSSR count). The number of hydrogen-bond donors (Lipinski definition) is 0. The van der Waals surface area contributed by atoms with Crippen LogP contribution in [0.25, 0.3) is 0 Å². The molecule has 0 spiro atoms. The van der Waals surface area contributed by atoms with Gasteiger partial charge < -0.3 is 0 Å². The molecular formula is C31H36Hf. The van der Waals surface area contributed by atoms with Crippen LogP contribution in [0.5, 0.6) is 0 Å². The van der Waals surface area contributed by atoms with Gasteiger partial charge in [-0.25, -0.2) is 0 Å². The molecule has 0 fully saturated rings. The molecule has 32 heavy (non-hydrogen) atoms. The number of allylic oxidation sites excluding steroid dienone is 4. The van der Waals surface area contributed by atoms with Crippen LogP contribution in [0, 0.1) is 5.41 Å². The molecule has 0 nitrogen and oxygen atoms in total. The first-order valence-electron chi connectivity index (χ1n) is 11.9. The number of rotatable bonds is 7. The normalized spacial score (nSPS) is 16.0. The Morgan fingerprint density at radius 1 is 0.531 bits per heavy atom. The summed E-state index contributed by atoms with van der Waals surface area (Å²) in [4.78, 5) is 0. The molecular weight excluding hydrogens is 551 g/mol. The van der Waals surface area contributed by atoms with Crippen LogP contribution in [0.15, 0.2) is 111 Å². The van der Waals surface area contributed by atoms with Crippen LogP contribution < -0.4 is 0 Å². The van der Waals surface area contributed by atoms with E-state index in [1.165, 1.54) is 34.8 Å². The van der Waals surface area contributed by atoms with E-state index in [-0.39, 0.29) is 5.41 Å². The zero-order valence-corrected chi connectivity index (χ0v) is 23.9. The second kappa shape index (κ2) is 9.48. The fraction of sp³-hybridized carbons (Fsp3) is 0.290. The zero-order valence-electron chi connectivity index (χ0n) is 20.3. The molecule has 0 aliphatic heterocycles. The standard InChI is InChI=1S/C10H15.3C7H7.Hf/c1-7-6-10(4,5)9(3)8(7)2;3*1-7-5-3-2-4-6-7;/h1-5H3;3*2-6H,1H2;. The third-order valence-corrected chi connectivity index (χ3v) is 26.8. The van der Waals surface area contributed by atoms with Gasteiger partial charge in [-0.2, -0.15) is 0 Å². The molecule has 1 aliphatic carbocycles. The summed E-state index contributed by atoms with van der Waals surface area (Å²) in [6, 6.07) is 33.9. The second-order valence-corrected chi connectivity index (χ2v) is 24.9. The van der Waals surface area contributed by atoms with Crippen molar-refractivity contribution in [3.05, 3.63) is 128 Å². The fourth-order valence-electron chi connectivity index (χ4n) is 6.07. The Balaban J connectivity index is 1.94. The Morgan fingerprint density at radius 3 is 1.16 bits per heavy atom. The zero-order chi connectivity index (χ0) is 22.8. The Bertz CT molecular complexity index is 1020. The first-order chi connectivity index (χ1) is 15.3. The van der Waals surface area contributed by atoms with Gasteiger partial charge in [-0.3, -0.25) is 0 Å². The molecule has 1 heteroatoms. The Kier molecular flexibility index (Phi) is 6.86. The topological polar surface area (TPSA) is 0 Å². The van der Waals surface area contributed by atoms with Crippen LogP contribution in [0.3, 0.4) is 0 Å². The van der Waals surface area contributed by atoms with Crippen LogP contribution >= 0.6 is 0 Å². The van der Waals surface area contributed by atoms with Crippen molar-refractivity contribution in [3.8, 4) is 0 Å². The molecule has 0 atom stereocenters. The van der Waals surface area contributed by atoms with E-state index in [1.54, 1.807) is 11.1 Å². The number of benzene rings is 3. The van der Waals surface area contributed by atoms with Crippen molar-refractivity contribution in [2.45, 2.75) is 47.2 Å². The number of hydrogen-bond acceptors (Lipinski definition) is 0. The minimum absolute atomic E-state index is 0.147. The summed E-state index contributed by atoms with van der Waals surface area (Å²) >= 11 is -3.24. The van der Waals surface area contributed by atoms with Crippen LogP contribution in [0.2, 0.25) is 0 Å². The summed E-state index contributed by atoms with van der Waals surface area (Å²) in [6.07, 6.45) is 0. The Morgan fingerprint density at radius 2 is 0.875 bits per heavy atom. The van der Waals surface area contributed by atoms with Crippen molar-refractivity contribution in [3.63, 3.8) is 0 Å². The predicted molar refractivity (Wildman–Crippen MR) is 135 cm³/mol. The summed E-state index contributed by atoms with van der Waals surface area (Å²) in [5.74, 6) is 0. The van der Waals surface area contributed by atoms with Crippen molar-refractivity contribution in [1.82, 2.24) is 0 Å². The van der Waals surface area contributed by atoms with Crippen LogP contribution in [-0.4, -0.2) is 0 Å². The van der Waals surface area contributed by atoms with E-state index in [1.807, 2.05) is 3.33 Å². The molecule has 0 N–H and O–H groups in total. The van der Waals surface area contributed by atoms with Gasteiger partial charge in [0.15, 0.2) is 0 Å². The molecule has 0 aromatic heterocycles. The van der Waals surface area contributed by atoms with Gasteiger partial charge in [0.2, 0.25) is 0 Å². The van der Waals surface area contributed by atoms with E-state index in [0.717, 1.165) is 0 Å². The maximum absolute atomic E-state index is 3.24. The molecule has 3 aromatic carbocycles. The van der Waals surface area contributed by atoms with Gasteiger partial charge in [0.1, 0.15) is 0 Å². The summed E-state index contributed by atoms with van der Waals surface area (Å²) in [5, 5.41) is 0. The maximum atomic E-state index is 2.49. The van der Waals surface area contributed by atoms with E-state index in [0.29, 0.717) is 0 Å². The van der Waals surface area contributed by atoms with Crippen molar-refractivity contribution in [2.24, 2.45) is 5.41 Å². The van der Waals surface area contributed by atoms with Gasteiger partial charge in [-0.1, -0.05) is 0 Å². The fourth-order valence-corrected chi connectivity index (χ4v) is 29.3. The Hall–Kier alpha value is -1.99. The monoisotopic (exact) mass is 588 g/mol. The predicted octanol–water partition coefficient (Wildman–Crippen LogP) is 8.39. The first-order valence-corrected chi connectivity index (χ1v) is 21.3. The van der Waals surface area contributed by atoms with Crippen molar-refractivity contribution in [2.75, 3.05) is 0 Å². The molecule has 0 unspecified atom stereocenters. The molecule has 0 amide bonds. The quantitative estimate of drug-likeness (QED) is 0.244. The van der Waals surface area contributed by atoms with E-state index in [2.05, 4.69) is 126 Å². The van der Waals surface area contributed by atoms with E-state index < -0.39 is 20.0 Å². The van der Waals surface area contributed by atoms with Crippen molar-refractivity contribution in [1.29, 1.82) is 0 Å². The Labute approximate surface area is 199 Å². The molecule has 0 radical (unpaired) electrons. The van der Waals surface area contributed by atoms with Crippen LogP contribution in [0.1, 0.15) is 51.3 Å². The van der Waals surface area contributed by atoms with Gasteiger partial charge in [-0.05, 0) is 0 Å². The summed E-state index contributed by atoms with van der Waals surface area (Å²) in [6.45, 7) is 12.1. The minimum atomic E-state index is -3.24. The van der Waals surface area contributed by atoms with Gasteiger partial charge in [0.05, 0.1) is 0 Å². The third kappa shape index (κ3) is 4.55. The van der Waals surface area contributed by atoms with Crippen molar-refractivity contribution < 1.29 is 20.0 Å². The van der Waals surface area contributed by atoms with Crippen molar-refractivity contribution >= 4 is 0 Å². The second-order valence-electron chi connectivity index (χ2n) is 10.1. The first kappa shape index (κ1) is 23.2. The van der Waals surface area contributed by atoms with E-state index in [4.69, 9.17) is 0 Å². The van der Waals surface area contributed by atoms with Crippen LogP contribution in [0.4, 0.5) is 0 Å². The van der Waals surface area contributed by atoms with Crippen LogP contribution in [-0.2, 0) is 32.5 Å². The van der Waals surface area contributed by atoms with E-state index >= 15 is 0 Å². The molecule has 3 aromatic rings. The average Bonchev–Trinajstić information content (AvgIpc) is 2.95. The third-order valence-electron chi connectivity index (χ3n) is 7.75. The molecule has 0 saturated carbocycles. The summed E-state index contributed by atoms with van der Waals surface area (Å²) in [7, 11) is 0. The van der Waals surface area contributed by atoms with Gasteiger partial charge in [0.25, 0.3) is 0 Å². The molecule has 164 valence electrons. The molecule has 0 saturated heterocycles. The van der Waals surface area contributed by atoms with E-state index in [9.17, 15) is 0 Å². The SMILES string of the molecule is CC1=C(C)C(C)(C)[C]([Hf]([CH2]c2ccccc2)([CH2]c2ccccc2)[CH2]c2ccccc2)=C1C. The van der Waals surface area contributed by atoms with Gasteiger partial charge in [-0.15, -0.1) is 0 Å². The molecule has 0 heterocycles. The summed E-state index contributed by atoms with van der Waals surface area (Å²) < 4.78 is 5.62. The van der Waals surface area contributed by atoms with Gasteiger partial charge >= 0.3 is 200 Å². The average molecular weight is 587 g/mol. The van der Waals surface area contributed by atoms with Gasteiger partial charge in [0, 0.05) is 0 Å². The molecule has 1 aliphatic rings. The summed E-state index contributed by atoms with van der Waals surface area (Å²) in [5.41, 5.74) is 9.38. The molecule has 0 bridgehead atoms.